The van der Waals surface area contributed by atoms with Gasteiger partial charge < -0.3 is 4.74 Å². The zero-order valence-corrected chi connectivity index (χ0v) is 9.26. The first-order chi connectivity index (χ1) is 6.69. The molecule has 3 heteroatoms. The highest BCUT2D eigenvalue weighted by molar-refractivity contribution is 7.80. The minimum atomic E-state index is -0.357. The summed E-state index contributed by atoms with van der Waals surface area (Å²) >= 11 is 5.09. The number of ether oxygens (including phenoxy) is 1. The van der Waals surface area contributed by atoms with Gasteiger partial charge in [-0.1, -0.05) is 36.9 Å². The third-order valence-corrected chi connectivity index (χ3v) is 2.49. The van der Waals surface area contributed by atoms with Gasteiger partial charge in [-0.25, -0.2) is 0 Å². The smallest absolute Gasteiger partial charge is 0.318 e. The first-order valence-corrected chi connectivity index (χ1v) is 5.19. The van der Waals surface area contributed by atoms with E-state index in [0.29, 0.717) is 11.5 Å². The standard InChI is InChI=1S/C11H14O2S/c1-3-8-5-6-10(14)9(7-8)11(12)13-4-2/h5-7,9H,3-4H2,1-2H3. The molecule has 0 saturated carbocycles. The Labute approximate surface area is 89.6 Å². The van der Waals surface area contributed by atoms with Crippen molar-refractivity contribution in [2.75, 3.05) is 6.61 Å². The molecule has 1 rings (SSSR count). The van der Waals surface area contributed by atoms with Gasteiger partial charge in [0.1, 0.15) is 5.92 Å². The Balaban J connectivity index is 2.77. The summed E-state index contributed by atoms with van der Waals surface area (Å²) in [5.41, 5.74) is 1.14. The van der Waals surface area contributed by atoms with Crippen LogP contribution < -0.4 is 0 Å². The van der Waals surface area contributed by atoms with E-state index in [1.54, 1.807) is 6.92 Å². The molecule has 0 amide bonds. The van der Waals surface area contributed by atoms with Crippen LogP contribution in [-0.4, -0.2) is 17.4 Å². The van der Waals surface area contributed by atoms with Crippen LogP contribution in [0.2, 0.25) is 0 Å². The molecule has 0 aromatic carbocycles. The zero-order chi connectivity index (χ0) is 10.6. The van der Waals surface area contributed by atoms with Crippen molar-refractivity contribution < 1.29 is 9.53 Å². The summed E-state index contributed by atoms with van der Waals surface area (Å²) in [6.07, 6.45) is 6.57. The number of rotatable bonds is 3. The molecule has 0 spiro atoms. The molecule has 0 radical (unpaired) electrons. The van der Waals surface area contributed by atoms with Crippen LogP contribution in [0.5, 0.6) is 0 Å². The minimum Gasteiger partial charge on any atom is -0.465 e. The summed E-state index contributed by atoms with van der Waals surface area (Å²) in [6.45, 7) is 4.24. The van der Waals surface area contributed by atoms with Crippen LogP contribution in [0.15, 0.2) is 23.8 Å². The van der Waals surface area contributed by atoms with Crippen LogP contribution >= 0.6 is 12.2 Å². The SMILES string of the molecule is CCOC(=O)C1C=C(CC)C=CC1=S. The first-order valence-electron chi connectivity index (χ1n) is 4.78. The van der Waals surface area contributed by atoms with Gasteiger partial charge in [0, 0.05) is 4.86 Å². The number of esters is 1. The summed E-state index contributed by atoms with van der Waals surface area (Å²) in [7, 11) is 0. The molecule has 0 N–H and O–H groups in total. The topological polar surface area (TPSA) is 26.3 Å². The molecule has 0 aliphatic heterocycles. The Hall–Kier alpha value is -0.960. The van der Waals surface area contributed by atoms with Crippen LogP contribution in [0, 0.1) is 5.92 Å². The predicted molar refractivity (Wildman–Crippen MR) is 60.2 cm³/mol. The lowest BCUT2D eigenvalue weighted by atomic mass is 9.95. The molecule has 0 saturated heterocycles. The maximum absolute atomic E-state index is 11.5. The van der Waals surface area contributed by atoms with E-state index in [4.69, 9.17) is 17.0 Å². The molecule has 0 fully saturated rings. The Bertz CT molecular complexity index is 302. The van der Waals surface area contributed by atoms with Crippen molar-refractivity contribution in [2.24, 2.45) is 5.92 Å². The van der Waals surface area contributed by atoms with Crippen molar-refractivity contribution in [2.45, 2.75) is 20.3 Å². The van der Waals surface area contributed by atoms with Crippen molar-refractivity contribution in [3.8, 4) is 0 Å². The lowest BCUT2D eigenvalue weighted by Gasteiger charge is -2.15. The quantitative estimate of drug-likeness (QED) is 0.528. The minimum absolute atomic E-state index is 0.243. The fourth-order valence-corrected chi connectivity index (χ4v) is 1.53. The number of thiocarbonyl (C=S) groups is 1. The monoisotopic (exact) mass is 210 g/mol. The molecule has 1 atom stereocenters. The molecule has 0 bridgehead atoms. The molecular formula is C11H14O2S. The second kappa shape index (κ2) is 5.05. The van der Waals surface area contributed by atoms with Crippen LogP contribution in [-0.2, 0) is 9.53 Å². The molecule has 0 heterocycles. The molecular weight excluding hydrogens is 196 g/mol. The lowest BCUT2D eigenvalue weighted by molar-refractivity contribution is -0.144. The van der Waals surface area contributed by atoms with E-state index in [0.717, 1.165) is 12.0 Å². The Morgan fingerprint density at radius 2 is 2.21 bits per heavy atom. The average molecular weight is 210 g/mol. The van der Waals surface area contributed by atoms with Crippen molar-refractivity contribution in [1.29, 1.82) is 0 Å². The zero-order valence-electron chi connectivity index (χ0n) is 8.45. The van der Waals surface area contributed by atoms with E-state index in [1.807, 2.05) is 25.2 Å². The van der Waals surface area contributed by atoms with Gasteiger partial charge in [-0.2, -0.15) is 0 Å². The predicted octanol–water partition coefficient (Wildman–Crippen LogP) is 2.44. The molecule has 2 nitrogen and oxygen atoms in total. The summed E-state index contributed by atoms with van der Waals surface area (Å²) < 4.78 is 4.94. The third kappa shape index (κ3) is 2.51. The summed E-state index contributed by atoms with van der Waals surface area (Å²) in [4.78, 5) is 12.1. The van der Waals surface area contributed by atoms with Crippen LogP contribution in [0.3, 0.4) is 0 Å². The lowest BCUT2D eigenvalue weighted by Crippen LogP contribution is -2.24. The van der Waals surface area contributed by atoms with Crippen molar-refractivity contribution >= 4 is 23.1 Å². The highest BCUT2D eigenvalue weighted by Gasteiger charge is 2.22. The van der Waals surface area contributed by atoms with E-state index in [2.05, 4.69) is 0 Å². The van der Waals surface area contributed by atoms with Gasteiger partial charge in [-0.3, -0.25) is 4.79 Å². The molecule has 1 unspecified atom stereocenters. The molecule has 1 aliphatic rings. The van der Waals surface area contributed by atoms with Crippen LogP contribution in [0.25, 0.3) is 0 Å². The summed E-state index contributed by atoms with van der Waals surface area (Å²) in [5, 5.41) is 0. The fourth-order valence-electron chi connectivity index (χ4n) is 1.30. The number of hydrogen-bond donors (Lipinski definition) is 0. The van der Waals surface area contributed by atoms with Crippen molar-refractivity contribution in [1.82, 2.24) is 0 Å². The number of hydrogen-bond acceptors (Lipinski definition) is 3. The average Bonchev–Trinajstić information content (AvgIpc) is 2.19. The third-order valence-electron chi connectivity index (χ3n) is 2.10. The maximum atomic E-state index is 11.5. The largest absolute Gasteiger partial charge is 0.465 e. The Morgan fingerprint density at radius 3 is 2.79 bits per heavy atom. The van der Waals surface area contributed by atoms with Gasteiger partial charge in [0.05, 0.1) is 6.61 Å². The van der Waals surface area contributed by atoms with Crippen LogP contribution in [0.1, 0.15) is 20.3 Å². The van der Waals surface area contributed by atoms with Gasteiger partial charge in [-0.15, -0.1) is 0 Å². The van der Waals surface area contributed by atoms with Gasteiger partial charge in [0.15, 0.2) is 0 Å². The van der Waals surface area contributed by atoms with E-state index < -0.39 is 0 Å². The van der Waals surface area contributed by atoms with Gasteiger partial charge >= 0.3 is 5.97 Å². The molecule has 0 aromatic rings. The normalized spacial score (nSPS) is 20.6. The Morgan fingerprint density at radius 1 is 1.50 bits per heavy atom. The van der Waals surface area contributed by atoms with Crippen molar-refractivity contribution in [3.63, 3.8) is 0 Å². The van der Waals surface area contributed by atoms with Gasteiger partial charge in [-0.05, 0) is 19.4 Å². The van der Waals surface area contributed by atoms with Crippen LogP contribution in [0.4, 0.5) is 0 Å². The van der Waals surface area contributed by atoms with E-state index in [1.165, 1.54) is 0 Å². The molecule has 1 aliphatic carbocycles. The van der Waals surface area contributed by atoms with E-state index in [-0.39, 0.29) is 11.9 Å². The van der Waals surface area contributed by atoms with Gasteiger partial charge in [0.2, 0.25) is 0 Å². The Kier molecular flexibility index (Phi) is 4.01. The molecule has 76 valence electrons. The number of allylic oxidation sites excluding steroid dienone is 3. The fraction of sp³-hybridized carbons (Fsp3) is 0.455. The second-order valence-corrected chi connectivity index (χ2v) is 3.53. The number of carbonyl (C=O) groups excluding carboxylic acids is 1. The number of carbonyl (C=O) groups is 1. The van der Waals surface area contributed by atoms with E-state index in [9.17, 15) is 4.79 Å². The maximum Gasteiger partial charge on any atom is 0.318 e. The van der Waals surface area contributed by atoms with Gasteiger partial charge in [0.25, 0.3) is 0 Å². The van der Waals surface area contributed by atoms with E-state index >= 15 is 0 Å². The highest BCUT2D eigenvalue weighted by atomic mass is 32.1. The second-order valence-electron chi connectivity index (χ2n) is 3.06. The first kappa shape index (κ1) is 11.1. The molecule has 14 heavy (non-hydrogen) atoms. The summed E-state index contributed by atoms with van der Waals surface area (Å²) in [5.74, 6) is -0.599. The summed E-state index contributed by atoms with van der Waals surface area (Å²) in [6, 6.07) is 0. The van der Waals surface area contributed by atoms with Crippen molar-refractivity contribution in [3.05, 3.63) is 23.8 Å². The highest BCUT2D eigenvalue weighted by Crippen LogP contribution is 2.18. The molecule has 0 aromatic heterocycles.